The number of aliphatic hydroxyl groups is 1. The molecule has 0 amide bonds. The van der Waals surface area contributed by atoms with Gasteiger partial charge in [0.05, 0.1) is 42.3 Å². The summed E-state index contributed by atoms with van der Waals surface area (Å²) in [5, 5.41) is 9.69. The van der Waals surface area contributed by atoms with E-state index in [9.17, 15) is 5.11 Å². The SMILES string of the molecule is C[N+](C)(C)CC(O)C[N+](C)(C)C.[Cl-]. The summed E-state index contributed by atoms with van der Waals surface area (Å²) in [6, 6.07) is 0. The monoisotopic (exact) mass is 211 g/mol. The van der Waals surface area contributed by atoms with Crippen LogP contribution in [-0.2, 0) is 0 Å². The molecule has 0 aliphatic carbocycles. The normalized spacial score (nSPS) is 12.9. The van der Waals surface area contributed by atoms with Gasteiger partial charge in [0.15, 0.2) is 6.10 Å². The fourth-order valence-corrected chi connectivity index (χ4v) is 1.32. The standard InChI is InChI=1S/C9H24N2O.ClH/c1-10(2,3)7-9(12)8-11(4,5)6;/h9,12H,7-8H2,1-6H3;1H/q+2;/p-1. The van der Waals surface area contributed by atoms with Crippen molar-refractivity contribution >= 4 is 0 Å². The lowest BCUT2D eigenvalue weighted by molar-refractivity contribution is -0.895. The second kappa shape index (κ2) is 5.15. The zero-order valence-electron chi connectivity index (χ0n) is 9.71. The maximum atomic E-state index is 9.69. The summed E-state index contributed by atoms with van der Waals surface area (Å²) in [5.41, 5.74) is 0. The molecule has 0 heterocycles. The van der Waals surface area contributed by atoms with Crippen molar-refractivity contribution in [2.45, 2.75) is 6.10 Å². The lowest BCUT2D eigenvalue weighted by Gasteiger charge is -2.31. The smallest absolute Gasteiger partial charge is 0.152 e. The van der Waals surface area contributed by atoms with E-state index in [1.807, 2.05) is 0 Å². The molecule has 0 saturated heterocycles. The van der Waals surface area contributed by atoms with E-state index in [1.165, 1.54) is 0 Å². The highest BCUT2D eigenvalue weighted by molar-refractivity contribution is 4.50. The Hall–Kier alpha value is 0.170. The molecule has 1 N–H and O–H groups in total. The molecule has 0 aromatic carbocycles. The summed E-state index contributed by atoms with van der Waals surface area (Å²) in [6.45, 7) is 1.63. The first kappa shape index (κ1) is 15.6. The molecule has 0 aromatic heterocycles. The van der Waals surface area contributed by atoms with Gasteiger partial charge in [-0.05, 0) is 0 Å². The average Bonchev–Trinajstić information content (AvgIpc) is 1.49. The van der Waals surface area contributed by atoms with Gasteiger partial charge in [-0.15, -0.1) is 0 Å². The van der Waals surface area contributed by atoms with Gasteiger partial charge >= 0.3 is 0 Å². The van der Waals surface area contributed by atoms with Crippen molar-refractivity contribution in [1.82, 2.24) is 0 Å². The van der Waals surface area contributed by atoms with Crippen LogP contribution in [-0.4, -0.2) is 75.6 Å². The topological polar surface area (TPSA) is 20.2 Å². The molecular weight excluding hydrogens is 188 g/mol. The van der Waals surface area contributed by atoms with Crippen molar-refractivity contribution in [2.75, 3.05) is 55.4 Å². The lowest BCUT2D eigenvalue weighted by atomic mass is 10.3. The number of halogens is 1. The number of quaternary nitrogens is 2. The van der Waals surface area contributed by atoms with E-state index >= 15 is 0 Å². The number of likely N-dealkylation sites (N-methyl/N-ethyl adjacent to an activating group) is 2. The quantitative estimate of drug-likeness (QED) is 0.485. The molecule has 0 spiro atoms. The van der Waals surface area contributed by atoms with Crippen LogP contribution in [0.3, 0.4) is 0 Å². The Balaban J connectivity index is 0. The van der Waals surface area contributed by atoms with Crippen LogP contribution in [0.15, 0.2) is 0 Å². The molecule has 0 rings (SSSR count). The Bertz CT molecular complexity index is 122. The maximum absolute atomic E-state index is 9.69. The van der Waals surface area contributed by atoms with E-state index in [1.54, 1.807) is 0 Å². The van der Waals surface area contributed by atoms with Gasteiger partial charge in [-0.2, -0.15) is 0 Å². The molecule has 4 heteroatoms. The first-order valence-corrected chi connectivity index (χ1v) is 4.39. The van der Waals surface area contributed by atoms with Gasteiger partial charge in [0.2, 0.25) is 0 Å². The summed E-state index contributed by atoms with van der Waals surface area (Å²) in [7, 11) is 12.6. The molecule has 0 saturated carbocycles. The molecule has 0 aliphatic heterocycles. The molecule has 0 aromatic rings. The second-order valence-electron chi connectivity index (χ2n) is 5.60. The third-order valence-electron chi connectivity index (χ3n) is 1.52. The van der Waals surface area contributed by atoms with Crippen molar-refractivity contribution in [3.05, 3.63) is 0 Å². The van der Waals surface area contributed by atoms with Gasteiger partial charge in [-0.25, -0.2) is 0 Å². The Labute approximate surface area is 88.5 Å². The summed E-state index contributed by atoms with van der Waals surface area (Å²) >= 11 is 0. The number of rotatable bonds is 4. The van der Waals surface area contributed by atoms with Crippen LogP contribution in [0, 0.1) is 0 Å². The summed E-state index contributed by atoms with van der Waals surface area (Å²) in [4.78, 5) is 0. The fraction of sp³-hybridized carbons (Fsp3) is 1.00. The molecule has 0 atom stereocenters. The van der Waals surface area contributed by atoms with Crippen LogP contribution in [0.4, 0.5) is 0 Å². The van der Waals surface area contributed by atoms with E-state index in [2.05, 4.69) is 42.3 Å². The minimum atomic E-state index is -0.204. The molecular formula is C9H24ClN2O+. The van der Waals surface area contributed by atoms with Gasteiger partial charge in [-0.1, -0.05) is 0 Å². The van der Waals surface area contributed by atoms with Crippen LogP contribution in [0.1, 0.15) is 0 Å². The van der Waals surface area contributed by atoms with E-state index < -0.39 is 0 Å². The Morgan fingerprint density at radius 3 is 1.23 bits per heavy atom. The summed E-state index contributed by atoms with van der Waals surface area (Å²) in [5.74, 6) is 0. The van der Waals surface area contributed by atoms with Gasteiger partial charge < -0.3 is 26.5 Å². The first-order chi connectivity index (χ1) is 5.10. The summed E-state index contributed by atoms with van der Waals surface area (Å²) < 4.78 is 1.64. The minimum Gasteiger partial charge on any atom is -1.00 e. The van der Waals surface area contributed by atoms with Crippen molar-refractivity contribution in [3.63, 3.8) is 0 Å². The molecule has 0 radical (unpaired) electrons. The molecule has 0 aliphatic rings. The number of hydrogen-bond donors (Lipinski definition) is 1. The minimum absolute atomic E-state index is 0. The molecule has 0 bridgehead atoms. The highest BCUT2D eigenvalue weighted by Gasteiger charge is 2.21. The Morgan fingerprint density at radius 2 is 1.08 bits per heavy atom. The fourth-order valence-electron chi connectivity index (χ4n) is 1.32. The highest BCUT2D eigenvalue weighted by atomic mass is 35.5. The second-order valence-corrected chi connectivity index (χ2v) is 5.60. The Kier molecular flexibility index (Phi) is 6.19. The Morgan fingerprint density at radius 1 is 0.846 bits per heavy atom. The average molecular weight is 212 g/mol. The van der Waals surface area contributed by atoms with Crippen LogP contribution in [0.5, 0.6) is 0 Å². The van der Waals surface area contributed by atoms with Gasteiger partial charge in [0, 0.05) is 0 Å². The van der Waals surface area contributed by atoms with E-state index in [0.717, 1.165) is 22.1 Å². The van der Waals surface area contributed by atoms with Gasteiger partial charge in [0.1, 0.15) is 13.1 Å². The zero-order chi connectivity index (χ0) is 9.99. The van der Waals surface area contributed by atoms with Gasteiger partial charge in [-0.3, -0.25) is 0 Å². The predicted octanol–water partition coefficient (Wildman–Crippen LogP) is -3.24. The van der Waals surface area contributed by atoms with Crippen molar-refractivity contribution in [2.24, 2.45) is 0 Å². The predicted molar refractivity (Wildman–Crippen MR) is 51.8 cm³/mol. The summed E-state index contributed by atoms with van der Waals surface area (Å²) in [6.07, 6.45) is -0.204. The number of nitrogens with zero attached hydrogens (tertiary/aromatic N) is 2. The molecule has 13 heavy (non-hydrogen) atoms. The number of aliphatic hydroxyl groups excluding tert-OH is 1. The van der Waals surface area contributed by atoms with E-state index in [4.69, 9.17) is 0 Å². The van der Waals surface area contributed by atoms with Crippen molar-refractivity contribution in [1.29, 1.82) is 0 Å². The maximum Gasteiger partial charge on any atom is 0.152 e. The lowest BCUT2D eigenvalue weighted by Crippen LogP contribution is -3.00. The molecule has 0 unspecified atom stereocenters. The molecule has 3 nitrogen and oxygen atoms in total. The van der Waals surface area contributed by atoms with Gasteiger partial charge in [0.25, 0.3) is 0 Å². The van der Waals surface area contributed by atoms with Crippen LogP contribution >= 0.6 is 0 Å². The van der Waals surface area contributed by atoms with E-state index in [0.29, 0.717) is 0 Å². The van der Waals surface area contributed by atoms with Crippen molar-refractivity contribution in [3.8, 4) is 0 Å². The van der Waals surface area contributed by atoms with Crippen molar-refractivity contribution < 1.29 is 26.5 Å². The molecule has 82 valence electrons. The largest absolute Gasteiger partial charge is 1.00 e. The molecule has 0 fully saturated rings. The number of hydrogen-bond acceptors (Lipinski definition) is 1. The van der Waals surface area contributed by atoms with E-state index in [-0.39, 0.29) is 18.5 Å². The highest BCUT2D eigenvalue weighted by Crippen LogP contribution is 1.99. The van der Waals surface area contributed by atoms with Crippen LogP contribution in [0.2, 0.25) is 0 Å². The third kappa shape index (κ3) is 12.2. The zero-order valence-corrected chi connectivity index (χ0v) is 10.5. The third-order valence-corrected chi connectivity index (χ3v) is 1.52. The van der Waals surface area contributed by atoms with Crippen LogP contribution < -0.4 is 12.4 Å². The first-order valence-electron chi connectivity index (χ1n) is 4.39. The van der Waals surface area contributed by atoms with Crippen LogP contribution in [0.25, 0.3) is 0 Å².